The third-order valence-electron chi connectivity index (χ3n) is 6.99. The molecule has 1 spiro atoms. The number of carbonyl (C=O) groups excluding carboxylic acids is 4. The number of likely N-dealkylation sites (N-methyl/N-ethyl adjacent to an activating group) is 1. The van der Waals surface area contributed by atoms with Crippen molar-refractivity contribution in [2.45, 2.75) is 52.0 Å². The smallest absolute Gasteiger partial charge is 0.320 e. The van der Waals surface area contributed by atoms with Gasteiger partial charge < -0.3 is 30.7 Å². The van der Waals surface area contributed by atoms with Gasteiger partial charge in [0.25, 0.3) is 0 Å². The Kier molecular flexibility index (Phi) is 8.56. The van der Waals surface area contributed by atoms with Crippen LogP contribution in [0.5, 0.6) is 0 Å². The summed E-state index contributed by atoms with van der Waals surface area (Å²) in [6.07, 6.45) is 4.46. The molecule has 1 atom stereocenters. The summed E-state index contributed by atoms with van der Waals surface area (Å²) in [7, 11) is 1.67. The first-order valence-corrected chi connectivity index (χ1v) is 12.3. The molecular formula is C23H40N6O4. The van der Waals surface area contributed by atoms with Gasteiger partial charge in [-0.05, 0) is 45.1 Å². The van der Waals surface area contributed by atoms with Crippen molar-refractivity contribution in [1.29, 1.82) is 0 Å². The van der Waals surface area contributed by atoms with Crippen molar-refractivity contribution in [2.75, 3.05) is 59.4 Å². The van der Waals surface area contributed by atoms with E-state index >= 15 is 0 Å². The Hall–Kier alpha value is -2.36. The fourth-order valence-electron chi connectivity index (χ4n) is 5.06. The van der Waals surface area contributed by atoms with E-state index in [-0.39, 0.29) is 48.2 Å². The first kappa shape index (κ1) is 25.3. The SMILES string of the molecule is CNCC(=O)NC(CC(C)C)C(=O)NCC(=O)N1CCC2(CC1)CN(C(=O)N1CCCC1)C2. The Morgan fingerprint density at radius 1 is 0.879 bits per heavy atom. The minimum absolute atomic E-state index is 0.0676. The van der Waals surface area contributed by atoms with Gasteiger partial charge in [-0.1, -0.05) is 13.8 Å². The van der Waals surface area contributed by atoms with Gasteiger partial charge in [0.2, 0.25) is 17.7 Å². The van der Waals surface area contributed by atoms with Crippen molar-refractivity contribution in [1.82, 2.24) is 30.7 Å². The summed E-state index contributed by atoms with van der Waals surface area (Å²) in [6.45, 7) is 8.64. The molecule has 3 fully saturated rings. The minimum Gasteiger partial charge on any atom is -0.345 e. The zero-order valence-electron chi connectivity index (χ0n) is 20.3. The molecule has 0 aliphatic carbocycles. The van der Waals surface area contributed by atoms with Crippen molar-refractivity contribution >= 4 is 23.8 Å². The first-order valence-electron chi connectivity index (χ1n) is 12.3. The molecule has 3 aliphatic heterocycles. The number of carbonyl (C=O) groups is 4. The molecule has 186 valence electrons. The predicted molar refractivity (Wildman–Crippen MR) is 124 cm³/mol. The van der Waals surface area contributed by atoms with E-state index in [0.717, 1.165) is 51.9 Å². The molecule has 0 aromatic heterocycles. The molecule has 33 heavy (non-hydrogen) atoms. The van der Waals surface area contributed by atoms with Gasteiger partial charge in [-0.3, -0.25) is 14.4 Å². The summed E-state index contributed by atoms with van der Waals surface area (Å²) < 4.78 is 0. The molecule has 3 rings (SSSR count). The number of amides is 5. The van der Waals surface area contributed by atoms with Crippen molar-refractivity contribution in [3.8, 4) is 0 Å². The van der Waals surface area contributed by atoms with Gasteiger partial charge in [-0.25, -0.2) is 4.79 Å². The summed E-state index contributed by atoms with van der Waals surface area (Å²) in [5, 5.41) is 8.22. The molecule has 0 aromatic carbocycles. The number of nitrogens with one attached hydrogen (secondary N) is 3. The lowest BCUT2D eigenvalue weighted by Gasteiger charge is -2.54. The van der Waals surface area contributed by atoms with Crippen LogP contribution >= 0.6 is 0 Å². The van der Waals surface area contributed by atoms with Crippen LogP contribution < -0.4 is 16.0 Å². The number of likely N-dealkylation sites (tertiary alicyclic amines) is 3. The first-order chi connectivity index (χ1) is 15.7. The highest BCUT2D eigenvalue weighted by molar-refractivity contribution is 5.91. The third-order valence-corrected chi connectivity index (χ3v) is 6.99. The maximum atomic E-state index is 12.7. The number of hydrogen-bond acceptors (Lipinski definition) is 5. The highest BCUT2D eigenvalue weighted by Gasteiger charge is 2.48. The molecule has 1 unspecified atom stereocenters. The molecule has 0 bridgehead atoms. The van der Waals surface area contributed by atoms with Gasteiger partial charge in [-0.15, -0.1) is 0 Å². The largest absolute Gasteiger partial charge is 0.345 e. The van der Waals surface area contributed by atoms with Gasteiger partial charge in [0.05, 0.1) is 13.1 Å². The number of urea groups is 1. The highest BCUT2D eigenvalue weighted by atomic mass is 16.2. The van der Waals surface area contributed by atoms with E-state index in [1.807, 2.05) is 23.6 Å². The standard InChI is InChI=1S/C23H40N6O4/c1-17(2)12-18(26-19(30)13-24-3)21(32)25-14-20(31)27-10-6-23(7-11-27)15-29(16-23)22(33)28-8-4-5-9-28/h17-18,24H,4-16H2,1-3H3,(H,25,32)(H,26,30). The number of rotatable bonds is 8. The van der Waals surface area contributed by atoms with E-state index in [4.69, 9.17) is 0 Å². The second kappa shape index (κ2) is 11.2. The maximum absolute atomic E-state index is 12.7. The van der Waals surface area contributed by atoms with E-state index < -0.39 is 6.04 Å². The quantitative estimate of drug-likeness (QED) is 0.468. The van der Waals surface area contributed by atoms with Crippen molar-refractivity contribution in [3.05, 3.63) is 0 Å². The topological polar surface area (TPSA) is 114 Å². The average Bonchev–Trinajstić information content (AvgIpc) is 3.29. The number of hydrogen-bond donors (Lipinski definition) is 3. The molecule has 10 nitrogen and oxygen atoms in total. The molecular weight excluding hydrogens is 424 g/mol. The summed E-state index contributed by atoms with van der Waals surface area (Å²) in [5.74, 6) is -0.454. The third kappa shape index (κ3) is 6.59. The summed E-state index contributed by atoms with van der Waals surface area (Å²) in [4.78, 5) is 55.4. The molecule has 10 heteroatoms. The van der Waals surface area contributed by atoms with Crippen molar-refractivity contribution in [3.63, 3.8) is 0 Å². The maximum Gasteiger partial charge on any atom is 0.320 e. The van der Waals surface area contributed by atoms with Gasteiger partial charge in [0, 0.05) is 44.7 Å². The van der Waals surface area contributed by atoms with E-state index in [9.17, 15) is 19.2 Å². The molecule has 0 aromatic rings. The summed E-state index contributed by atoms with van der Waals surface area (Å²) in [6, 6.07) is -0.491. The fourth-order valence-corrected chi connectivity index (χ4v) is 5.06. The molecule has 0 saturated carbocycles. The van der Waals surface area contributed by atoms with Crippen LogP contribution in [-0.4, -0.2) is 104 Å². The molecule has 5 amide bonds. The molecule has 3 heterocycles. The number of nitrogens with zero attached hydrogens (tertiary/aromatic N) is 3. The Balaban J connectivity index is 1.40. The minimum atomic E-state index is -0.655. The van der Waals surface area contributed by atoms with Crippen LogP contribution in [0.2, 0.25) is 0 Å². The zero-order valence-corrected chi connectivity index (χ0v) is 20.3. The van der Waals surface area contributed by atoms with Crippen LogP contribution in [0.4, 0.5) is 4.79 Å². The summed E-state index contributed by atoms with van der Waals surface area (Å²) >= 11 is 0. The second-order valence-electron chi connectivity index (χ2n) is 10.2. The summed E-state index contributed by atoms with van der Waals surface area (Å²) in [5.41, 5.74) is 0.134. The monoisotopic (exact) mass is 464 g/mol. The Morgan fingerprint density at radius 3 is 2.09 bits per heavy atom. The van der Waals surface area contributed by atoms with E-state index in [1.165, 1.54) is 0 Å². The Bertz CT molecular complexity index is 720. The van der Waals surface area contributed by atoms with Gasteiger partial charge in [0.1, 0.15) is 6.04 Å². The Morgan fingerprint density at radius 2 is 1.52 bits per heavy atom. The predicted octanol–water partition coefficient (Wildman–Crippen LogP) is -0.00690. The molecule has 3 N–H and O–H groups in total. The van der Waals surface area contributed by atoms with Gasteiger partial charge in [0.15, 0.2) is 0 Å². The van der Waals surface area contributed by atoms with Crippen LogP contribution in [0.3, 0.4) is 0 Å². The van der Waals surface area contributed by atoms with E-state index in [0.29, 0.717) is 19.5 Å². The van der Waals surface area contributed by atoms with Gasteiger partial charge >= 0.3 is 6.03 Å². The molecule has 3 saturated heterocycles. The molecule has 0 radical (unpaired) electrons. The van der Waals surface area contributed by atoms with Crippen LogP contribution in [-0.2, 0) is 14.4 Å². The van der Waals surface area contributed by atoms with Crippen LogP contribution in [0, 0.1) is 11.3 Å². The van der Waals surface area contributed by atoms with Gasteiger partial charge in [-0.2, -0.15) is 0 Å². The number of piperidine rings is 1. The van der Waals surface area contributed by atoms with Crippen molar-refractivity contribution < 1.29 is 19.2 Å². The van der Waals surface area contributed by atoms with Crippen molar-refractivity contribution in [2.24, 2.45) is 11.3 Å². The normalized spacial score (nSPS) is 20.5. The lowest BCUT2D eigenvalue weighted by atomic mass is 9.72. The van der Waals surface area contributed by atoms with Crippen LogP contribution in [0.25, 0.3) is 0 Å². The Labute approximate surface area is 196 Å². The average molecular weight is 465 g/mol. The fraction of sp³-hybridized carbons (Fsp3) is 0.826. The van der Waals surface area contributed by atoms with Crippen LogP contribution in [0.1, 0.15) is 46.0 Å². The van der Waals surface area contributed by atoms with E-state index in [1.54, 1.807) is 11.9 Å². The van der Waals surface area contributed by atoms with Crippen LogP contribution in [0.15, 0.2) is 0 Å². The zero-order chi connectivity index (χ0) is 24.0. The highest BCUT2D eigenvalue weighted by Crippen LogP contribution is 2.41. The molecule has 3 aliphatic rings. The second-order valence-corrected chi connectivity index (χ2v) is 10.2. The lowest BCUT2D eigenvalue weighted by Crippen LogP contribution is -2.64. The van der Waals surface area contributed by atoms with E-state index in [2.05, 4.69) is 16.0 Å². The lowest BCUT2D eigenvalue weighted by molar-refractivity contribution is -0.137.